The summed E-state index contributed by atoms with van der Waals surface area (Å²) in [6.07, 6.45) is 1.85. The molecule has 0 aromatic heterocycles. The first-order chi connectivity index (χ1) is 10.4. The number of para-hydroxylation sites is 1. The Labute approximate surface area is 143 Å². The SMILES string of the molecule is CC1(C)CC(NC(=O)C2(N)CCOCC2)c2ccccc2O1.Cl. The monoisotopic (exact) mass is 340 g/mol. The Hall–Kier alpha value is -1.30. The summed E-state index contributed by atoms with van der Waals surface area (Å²) >= 11 is 0. The highest BCUT2D eigenvalue weighted by atomic mass is 35.5. The van der Waals surface area contributed by atoms with Crippen molar-refractivity contribution in [3.63, 3.8) is 0 Å². The summed E-state index contributed by atoms with van der Waals surface area (Å²) in [6.45, 7) is 5.16. The molecule has 1 amide bonds. The average Bonchev–Trinajstić information content (AvgIpc) is 2.47. The first-order valence-electron chi connectivity index (χ1n) is 7.85. The van der Waals surface area contributed by atoms with Gasteiger partial charge in [0.25, 0.3) is 0 Å². The molecule has 0 saturated carbocycles. The molecule has 0 aliphatic carbocycles. The standard InChI is InChI=1S/C17H24N2O3.ClH/c1-16(2)11-13(12-5-3-4-6-14(12)22-16)19-15(20)17(18)7-9-21-10-8-17;/h3-6,13H,7-11,18H2,1-2H3,(H,19,20);1H. The third-order valence-electron chi connectivity index (χ3n) is 4.52. The van der Waals surface area contributed by atoms with Gasteiger partial charge in [-0.3, -0.25) is 4.79 Å². The minimum absolute atomic E-state index is 0. The molecular formula is C17H25ClN2O3. The Morgan fingerprint density at radius 1 is 1.26 bits per heavy atom. The molecule has 1 atom stereocenters. The topological polar surface area (TPSA) is 73.6 Å². The number of amides is 1. The van der Waals surface area contributed by atoms with Crippen molar-refractivity contribution in [2.24, 2.45) is 5.73 Å². The summed E-state index contributed by atoms with van der Waals surface area (Å²) in [5.41, 5.74) is 6.16. The van der Waals surface area contributed by atoms with Crippen LogP contribution in [-0.4, -0.2) is 30.3 Å². The molecule has 128 valence electrons. The van der Waals surface area contributed by atoms with E-state index in [4.69, 9.17) is 15.2 Å². The van der Waals surface area contributed by atoms with Gasteiger partial charge in [0, 0.05) is 25.2 Å². The minimum Gasteiger partial charge on any atom is -0.487 e. The number of halogens is 1. The van der Waals surface area contributed by atoms with Crippen LogP contribution in [0.4, 0.5) is 0 Å². The Morgan fingerprint density at radius 3 is 2.61 bits per heavy atom. The van der Waals surface area contributed by atoms with Gasteiger partial charge in [-0.1, -0.05) is 18.2 Å². The second-order valence-corrected chi connectivity index (χ2v) is 6.90. The molecule has 3 N–H and O–H groups in total. The number of carbonyl (C=O) groups excluding carboxylic acids is 1. The fourth-order valence-corrected chi connectivity index (χ4v) is 3.20. The van der Waals surface area contributed by atoms with E-state index in [1.165, 1.54) is 0 Å². The fourth-order valence-electron chi connectivity index (χ4n) is 3.20. The number of ether oxygens (including phenoxy) is 2. The molecule has 23 heavy (non-hydrogen) atoms. The number of rotatable bonds is 2. The van der Waals surface area contributed by atoms with Crippen LogP contribution in [0.15, 0.2) is 24.3 Å². The average molecular weight is 341 g/mol. The smallest absolute Gasteiger partial charge is 0.240 e. The van der Waals surface area contributed by atoms with Crippen LogP contribution >= 0.6 is 12.4 Å². The number of carbonyl (C=O) groups is 1. The lowest BCUT2D eigenvalue weighted by Crippen LogP contribution is -2.58. The predicted molar refractivity (Wildman–Crippen MR) is 90.9 cm³/mol. The lowest BCUT2D eigenvalue weighted by molar-refractivity contribution is -0.131. The normalized spacial score (nSPS) is 24.6. The maximum atomic E-state index is 12.7. The zero-order chi connectivity index (χ0) is 15.8. The van der Waals surface area contributed by atoms with Gasteiger partial charge in [0.1, 0.15) is 11.4 Å². The van der Waals surface area contributed by atoms with Crippen LogP contribution in [0, 0.1) is 0 Å². The molecule has 5 nitrogen and oxygen atoms in total. The highest BCUT2D eigenvalue weighted by Crippen LogP contribution is 2.39. The molecule has 1 aromatic carbocycles. The molecule has 1 unspecified atom stereocenters. The minimum atomic E-state index is -0.824. The highest BCUT2D eigenvalue weighted by Gasteiger charge is 2.40. The van der Waals surface area contributed by atoms with Crippen LogP contribution < -0.4 is 15.8 Å². The van der Waals surface area contributed by atoms with Crippen molar-refractivity contribution in [1.82, 2.24) is 5.32 Å². The molecule has 2 heterocycles. The van der Waals surface area contributed by atoms with Crippen molar-refractivity contribution in [1.29, 1.82) is 0 Å². The van der Waals surface area contributed by atoms with E-state index in [0.717, 1.165) is 17.7 Å². The summed E-state index contributed by atoms with van der Waals surface area (Å²) in [7, 11) is 0. The van der Waals surface area contributed by atoms with Crippen LogP contribution in [0.1, 0.15) is 44.7 Å². The van der Waals surface area contributed by atoms with Crippen molar-refractivity contribution < 1.29 is 14.3 Å². The second kappa shape index (κ2) is 6.67. The summed E-state index contributed by atoms with van der Waals surface area (Å²) in [6, 6.07) is 7.79. The summed E-state index contributed by atoms with van der Waals surface area (Å²) < 4.78 is 11.3. The van der Waals surface area contributed by atoms with Crippen molar-refractivity contribution in [2.45, 2.75) is 50.3 Å². The van der Waals surface area contributed by atoms with Crippen molar-refractivity contribution >= 4 is 18.3 Å². The largest absolute Gasteiger partial charge is 0.487 e. The van der Waals surface area contributed by atoms with E-state index in [2.05, 4.69) is 5.32 Å². The van der Waals surface area contributed by atoms with E-state index in [-0.39, 0.29) is 30.0 Å². The quantitative estimate of drug-likeness (QED) is 0.866. The molecule has 3 rings (SSSR count). The fraction of sp³-hybridized carbons (Fsp3) is 0.588. The number of hydrogen-bond acceptors (Lipinski definition) is 4. The van der Waals surface area contributed by atoms with Gasteiger partial charge in [-0.2, -0.15) is 0 Å². The zero-order valence-corrected chi connectivity index (χ0v) is 14.4. The van der Waals surface area contributed by atoms with Gasteiger partial charge >= 0.3 is 0 Å². The van der Waals surface area contributed by atoms with Crippen molar-refractivity contribution in [2.75, 3.05) is 13.2 Å². The molecular weight excluding hydrogens is 316 g/mol. The molecule has 0 spiro atoms. The van der Waals surface area contributed by atoms with E-state index in [1.54, 1.807) is 0 Å². The summed E-state index contributed by atoms with van der Waals surface area (Å²) in [5.74, 6) is 0.746. The maximum absolute atomic E-state index is 12.7. The Kier molecular flexibility index (Phi) is 5.23. The lowest BCUT2D eigenvalue weighted by atomic mass is 9.86. The molecule has 1 aromatic rings. The van der Waals surface area contributed by atoms with Gasteiger partial charge in [-0.25, -0.2) is 0 Å². The van der Waals surface area contributed by atoms with Crippen LogP contribution in [0.2, 0.25) is 0 Å². The van der Waals surface area contributed by atoms with E-state index in [1.807, 2.05) is 38.1 Å². The molecule has 1 saturated heterocycles. The van der Waals surface area contributed by atoms with Crippen molar-refractivity contribution in [3.05, 3.63) is 29.8 Å². The lowest BCUT2D eigenvalue weighted by Gasteiger charge is -2.40. The van der Waals surface area contributed by atoms with Gasteiger partial charge in [-0.05, 0) is 32.8 Å². The van der Waals surface area contributed by atoms with E-state index in [9.17, 15) is 4.79 Å². The second-order valence-electron chi connectivity index (χ2n) is 6.90. The molecule has 6 heteroatoms. The van der Waals surface area contributed by atoms with E-state index >= 15 is 0 Å². The van der Waals surface area contributed by atoms with Gasteiger partial charge < -0.3 is 20.5 Å². The Morgan fingerprint density at radius 2 is 1.91 bits per heavy atom. The highest BCUT2D eigenvalue weighted by molar-refractivity contribution is 5.86. The molecule has 2 aliphatic rings. The van der Waals surface area contributed by atoms with Gasteiger partial charge in [0.05, 0.1) is 11.6 Å². The molecule has 2 aliphatic heterocycles. The Balaban J connectivity index is 0.00000192. The Bertz CT molecular complexity index is 571. The third-order valence-corrected chi connectivity index (χ3v) is 4.52. The third kappa shape index (κ3) is 3.79. The first kappa shape index (κ1) is 18.0. The van der Waals surface area contributed by atoms with Crippen LogP contribution in [-0.2, 0) is 9.53 Å². The number of hydrogen-bond donors (Lipinski definition) is 2. The first-order valence-corrected chi connectivity index (χ1v) is 7.85. The van der Waals surface area contributed by atoms with Crippen LogP contribution in [0.5, 0.6) is 5.75 Å². The summed E-state index contributed by atoms with van der Waals surface area (Å²) in [5, 5.41) is 3.14. The molecule has 0 bridgehead atoms. The number of nitrogens with one attached hydrogen (secondary N) is 1. The van der Waals surface area contributed by atoms with Crippen molar-refractivity contribution in [3.8, 4) is 5.75 Å². The molecule has 1 fully saturated rings. The van der Waals surface area contributed by atoms with Gasteiger partial charge in [0.2, 0.25) is 5.91 Å². The van der Waals surface area contributed by atoms with Crippen LogP contribution in [0.3, 0.4) is 0 Å². The predicted octanol–water partition coefficient (Wildman–Crippen LogP) is 2.33. The number of fused-ring (bicyclic) bond motifs is 1. The number of benzene rings is 1. The number of nitrogens with two attached hydrogens (primary N) is 1. The maximum Gasteiger partial charge on any atom is 0.240 e. The molecule has 0 radical (unpaired) electrons. The van der Waals surface area contributed by atoms with Gasteiger partial charge in [0.15, 0.2) is 0 Å². The zero-order valence-electron chi connectivity index (χ0n) is 13.6. The van der Waals surface area contributed by atoms with E-state index in [0.29, 0.717) is 26.1 Å². The van der Waals surface area contributed by atoms with Gasteiger partial charge in [-0.15, -0.1) is 12.4 Å². The van der Waals surface area contributed by atoms with Crippen LogP contribution in [0.25, 0.3) is 0 Å². The summed E-state index contributed by atoms with van der Waals surface area (Å²) in [4.78, 5) is 12.7. The van der Waals surface area contributed by atoms with E-state index < -0.39 is 5.54 Å².